The predicted molar refractivity (Wildman–Crippen MR) is 80.0 cm³/mol. The molecule has 0 amide bonds. The number of aryl methyl sites for hydroxylation is 2. The van der Waals surface area contributed by atoms with Gasteiger partial charge >= 0.3 is 0 Å². The van der Waals surface area contributed by atoms with E-state index in [0.717, 1.165) is 17.8 Å². The summed E-state index contributed by atoms with van der Waals surface area (Å²) < 4.78 is 25.9. The van der Waals surface area contributed by atoms with Crippen molar-refractivity contribution < 1.29 is 8.42 Å². The Morgan fingerprint density at radius 1 is 1.20 bits per heavy atom. The minimum atomic E-state index is -3.25. The first-order valence-corrected chi connectivity index (χ1v) is 8.24. The van der Waals surface area contributed by atoms with Gasteiger partial charge < -0.3 is 5.32 Å². The van der Waals surface area contributed by atoms with Crippen LogP contribution in [0.5, 0.6) is 0 Å². The molecule has 108 valence electrons. The number of nitrogens with zero attached hydrogens (tertiary/aromatic N) is 2. The van der Waals surface area contributed by atoms with E-state index >= 15 is 0 Å². The maximum absolute atomic E-state index is 12.1. The number of sulfone groups is 1. The molecule has 2 rings (SSSR count). The molecule has 0 saturated heterocycles. The Hall–Kier alpha value is -1.82. The van der Waals surface area contributed by atoms with Gasteiger partial charge in [0.15, 0.2) is 9.84 Å². The zero-order valence-electron chi connectivity index (χ0n) is 11.9. The van der Waals surface area contributed by atoms with Crippen LogP contribution in [0.1, 0.15) is 19.5 Å². The average molecular weight is 293 g/mol. The van der Waals surface area contributed by atoms with Crippen LogP contribution in [-0.4, -0.2) is 24.0 Å². The monoisotopic (exact) mass is 293 g/mol. The third-order valence-electron chi connectivity index (χ3n) is 3.11. The van der Waals surface area contributed by atoms with Crippen LogP contribution in [0.2, 0.25) is 0 Å². The maximum atomic E-state index is 12.1. The van der Waals surface area contributed by atoms with E-state index in [2.05, 4.69) is 10.4 Å². The van der Waals surface area contributed by atoms with Crippen LogP contribution in [0.4, 0.5) is 11.4 Å². The van der Waals surface area contributed by atoms with E-state index in [1.165, 1.54) is 0 Å². The molecule has 0 aliphatic carbocycles. The molecule has 2 aromatic rings. The van der Waals surface area contributed by atoms with Gasteiger partial charge in [0.25, 0.3) is 0 Å². The summed E-state index contributed by atoms with van der Waals surface area (Å²) in [5.41, 5.74) is 2.35. The van der Waals surface area contributed by atoms with Gasteiger partial charge in [-0.2, -0.15) is 5.10 Å². The Bertz CT molecular complexity index is 705. The molecule has 1 heterocycles. The van der Waals surface area contributed by atoms with Gasteiger partial charge in [0, 0.05) is 13.2 Å². The molecule has 0 aliphatic heterocycles. The van der Waals surface area contributed by atoms with Crippen LogP contribution in [0.3, 0.4) is 0 Å². The summed E-state index contributed by atoms with van der Waals surface area (Å²) in [6.45, 7) is 3.66. The predicted octanol–water partition coefficient (Wildman–Crippen LogP) is 2.52. The molecule has 5 nitrogen and oxygen atoms in total. The minimum Gasteiger partial charge on any atom is -0.352 e. The highest BCUT2D eigenvalue weighted by atomic mass is 32.2. The molecular formula is C14H19N3O2S. The minimum absolute atomic E-state index is 0.0827. The Morgan fingerprint density at radius 3 is 2.55 bits per heavy atom. The zero-order chi connectivity index (χ0) is 14.8. The van der Waals surface area contributed by atoms with Gasteiger partial charge in [-0.05, 0) is 18.6 Å². The second kappa shape index (κ2) is 5.66. The van der Waals surface area contributed by atoms with E-state index in [-0.39, 0.29) is 5.75 Å². The maximum Gasteiger partial charge on any atom is 0.180 e. The number of aromatic nitrogens is 2. The van der Waals surface area contributed by atoms with Crippen LogP contribution < -0.4 is 5.32 Å². The van der Waals surface area contributed by atoms with Crippen LogP contribution >= 0.6 is 0 Å². The largest absolute Gasteiger partial charge is 0.352 e. The van der Waals surface area contributed by atoms with Crippen molar-refractivity contribution in [2.75, 3.05) is 11.1 Å². The van der Waals surface area contributed by atoms with E-state index < -0.39 is 9.84 Å². The SMILES string of the molecule is CCc1nn(C)cc1Nc1ccccc1S(=O)(=O)CC. The van der Waals surface area contributed by atoms with Gasteiger partial charge in [-0.15, -0.1) is 0 Å². The summed E-state index contributed by atoms with van der Waals surface area (Å²) in [7, 11) is -1.41. The summed E-state index contributed by atoms with van der Waals surface area (Å²) in [4.78, 5) is 0.327. The van der Waals surface area contributed by atoms with Crippen LogP contribution in [-0.2, 0) is 23.3 Å². The Kier molecular flexibility index (Phi) is 4.13. The fourth-order valence-corrected chi connectivity index (χ4v) is 3.09. The topological polar surface area (TPSA) is 64.0 Å². The molecule has 0 radical (unpaired) electrons. The van der Waals surface area contributed by atoms with Crippen molar-refractivity contribution in [1.82, 2.24) is 9.78 Å². The summed E-state index contributed by atoms with van der Waals surface area (Å²) in [5.74, 6) is 0.0827. The Balaban J connectivity index is 2.44. The quantitative estimate of drug-likeness (QED) is 0.920. The van der Waals surface area contributed by atoms with Gasteiger partial charge in [-0.25, -0.2) is 8.42 Å². The van der Waals surface area contributed by atoms with Crippen molar-refractivity contribution in [3.8, 4) is 0 Å². The van der Waals surface area contributed by atoms with Crippen molar-refractivity contribution >= 4 is 21.2 Å². The van der Waals surface area contributed by atoms with E-state index in [1.54, 1.807) is 29.8 Å². The highest BCUT2D eigenvalue weighted by Gasteiger charge is 2.17. The summed E-state index contributed by atoms with van der Waals surface area (Å²) in [6, 6.07) is 6.95. The van der Waals surface area contributed by atoms with Gasteiger partial charge in [-0.1, -0.05) is 26.0 Å². The summed E-state index contributed by atoms with van der Waals surface area (Å²) >= 11 is 0. The van der Waals surface area contributed by atoms with Crippen molar-refractivity contribution in [3.63, 3.8) is 0 Å². The van der Waals surface area contributed by atoms with E-state index in [0.29, 0.717) is 10.6 Å². The molecule has 1 aromatic heterocycles. The second-order valence-corrected chi connectivity index (χ2v) is 6.79. The number of nitrogens with one attached hydrogen (secondary N) is 1. The number of para-hydroxylation sites is 1. The second-order valence-electron chi connectivity index (χ2n) is 4.54. The first-order chi connectivity index (χ1) is 9.47. The number of hydrogen-bond donors (Lipinski definition) is 1. The third-order valence-corrected chi connectivity index (χ3v) is 4.90. The van der Waals surface area contributed by atoms with Crippen molar-refractivity contribution in [2.24, 2.45) is 7.05 Å². The van der Waals surface area contributed by atoms with Crippen LogP contribution in [0, 0.1) is 0 Å². The zero-order valence-corrected chi connectivity index (χ0v) is 12.7. The fraction of sp³-hybridized carbons (Fsp3) is 0.357. The first-order valence-electron chi connectivity index (χ1n) is 6.59. The molecule has 1 N–H and O–H groups in total. The third kappa shape index (κ3) is 2.85. The van der Waals surface area contributed by atoms with Crippen LogP contribution in [0.25, 0.3) is 0 Å². The summed E-state index contributed by atoms with van der Waals surface area (Å²) in [5, 5.41) is 7.53. The lowest BCUT2D eigenvalue weighted by Gasteiger charge is -2.11. The van der Waals surface area contributed by atoms with Crippen molar-refractivity contribution in [3.05, 3.63) is 36.2 Å². The average Bonchev–Trinajstić information content (AvgIpc) is 2.79. The lowest BCUT2D eigenvalue weighted by molar-refractivity contribution is 0.597. The van der Waals surface area contributed by atoms with Crippen LogP contribution in [0.15, 0.2) is 35.4 Å². The smallest absolute Gasteiger partial charge is 0.180 e. The molecule has 0 bridgehead atoms. The molecule has 0 fully saturated rings. The molecular weight excluding hydrogens is 274 g/mol. The van der Waals surface area contributed by atoms with Gasteiger partial charge in [-0.3, -0.25) is 4.68 Å². The molecule has 6 heteroatoms. The molecule has 1 aromatic carbocycles. The molecule has 0 atom stereocenters. The number of rotatable bonds is 5. The first kappa shape index (κ1) is 14.6. The Labute approximate surface area is 119 Å². The molecule has 0 spiro atoms. The standard InChI is InChI=1S/C14H19N3O2S/c1-4-11-13(10-17(3)16-11)15-12-8-6-7-9-14(12)20(18,19)5-2/h6-10,15H,4-5H2,1-3H3. The molecule has 0 unspecified atom stereocenters. The van der Waals surface area contributed by atoms with E-state index in [4.69, 9.17) is 0 Å². The van der Waals surface area contributed by atoms with Crippen molar-refractivity contribution in [1.29, 1.82) is 0 Å². The molecule has 0 aliphatic rings. The lowest BCUT2D eigenvalue weighted by atomic mass is 10.2. The highest BCUT2D eigenvalue weighted by molar-refractivity contribution is 7.91. The van der Waals surface area contributed by atoms with Gasteiger partial charge in [0.05, 0.1) is 27.7 Å². The molecule has 0 saturated carbocycles. The number of benzene rings is 1. The normalized spacial score (nSPS) is 11.6. The summed E-state index contributed by atoms with van der Waals surface area (Å²) in [6.07, 6.45) is 2.64. The van der Waals surface area contributed by atoms with E-state index in [1.807, 2.05) is 26.2 Å². The van der Waals surface area contributed by atoms with E-state index in [9.17, 15) is 8.42 Å². The number of hydrogen-bond acceptors (Lipinski definition) is 4. The molecule has 20 heavy (non-hydrogen) atoms. The van der Waals surface area contributed by atoms with Gasteiger partial charge in [0.1, 0.15) is 0 Å². The fourth-order valence-electron chi connectivity index (χ4n) is 2.04. The Morgan fingerprint density at radius 2 is 1.90 bits per heavy atom. The van der Waals surface area contributed by atoms with Gasteiger partial charge in [0.2, 0.25) is 0 Å². The lowest BCUT2D eigenvalue weighted by Crippen LogP contribution is -2.07. The van der Waals surface area contributed by atoms with Crippen molar-refractivity contribution in [2.45, 2.75) is 25.2 Å². The number of anilines is 2. The highest BCUT2D eigenvalue weighted by Crippen LogP contribution is 2.27.